The van der Waals surface area contributed by atoms with Crippen molar-refractivity contribution in [1.82, 2.24) is 15.1 Å². The summed E-state index contributed by atoms with van der Waals surface area (Å²) < 4.78 is 5.66. The number of carbonyl (C=O) groups excluding carboxylic acids is 1. The van der Waals surface area contributed by atoms with Crippen molar-refractivity contribution in [3.05, 3.63) is 77.5 Å². The lowest BCUT2D eigenvalue weighted by molar-refractivity contribution is 0.0706. The summed E-state index contributed by atoms with van der Waals surface area (Å²) in [5.41, 5.74) is 3.90. The number of fused-ring (bicyclic) bond motifs is 1. The third-order valence-electron chi connectivity index (χ3n) is 5.15. The summed E-state index contributed by atoms with van der Waals surface area (Å²) in [6.45, 7) is 5.96. The predicted octanol–water partition coefficient (Wildman–Crippen LogP) is 3.19. The Labute approximate surface area is 174 Å². The fourth-order valence-electron chi connectivity index (χ4n) is 3.86. The van der Waals surface area contributed by atoms with E-state index in [0.29, 0.717) is 34.9 Å². The summed E-state index contributed by atoms with van der Waals surface area (Å²) in [6, 6.07) is 12.3. The fourth-order valence-corrected chi connectivity index (χ4v) is 3.86. The van der Waals surface area contributed by atoms with E-state index in [9.17, 15) is 15.0 Å². The minimum absolute atomic E-state index is 0.0878. The summed E-state index contributed by atoms with van der Waals surface area (Å²) in [7, 11) is 0. The van der Waals surface area contributed by atoms with Gasteiger partial charge in [-0.15, -0.1) is 0 Å². The number of phenolic OH excluding ortho intramolecular Hbond substituents is 1. The van der Waals surface area contributed by atoms with Gasteiger partial charge in [0.2, 0.25) is 0 Å². The van der Waals surface area contributed by atoms with Crippen LogP contribution in [-0.2, 0) is 0 Å². The smallest absolute Gasteiger partial charge is 0.273 e. The molecule has 154 valence electrons. The number of β-amino-alcohol motifs (C(OH)–C–C–N with tert-alkyl or cyclic N) is 1. The highest BCUT2D eigenvalue weighted by Gasteiger charge is 2.42. The molecule has 3 N–H and O–H groups in total. The number of ether oxygens (including phenoxy) is 1. The molecule has 0 fully saturated rings. The lowest BCUT2D eigenvalue weighted by atomic mass is 9.95. The van der Waals surface area contributed by atoms with Gasteiger partial charge in [0.15, 0.2) is 0 Å². The van der Waals surface area contributed by atoms with E-state index in [1.54, 1.807) is 17.0 Å². The average molecular weight is 405 g/mol. The second-order valence-corrected chi connectivity index (χ2v) is 7.18. The number of amides is 1. The molecule has 2 heterocycles. The number of nitrogens with one attached hydrogen (secondary N) is 1. The zero-order valence-electron chi connectivity index (χ0n) is 16.6. The van der Waals surface area contributed by atoms with Crippen LogP contribution in [0.2, 0.25) is 0 Å². The Kier molecular flexibility index (Phi) is 5.29. The van der Waals surface area contributed by atoms with Crippen LogP contribution in [0.5, 0.6) is 11.5 Å². The van der Waals surface area contributed by atoms with Crippen LogP contribution in [0.3, 0.4) is 0 Å². The number of aromatic amines is 1. The maximum atomic E-state index is 13.1. The zero-order chi connectivity index (χ0) is 21.3. The van der Waals surface area contributed by atoms with Gasteiger partial charge in [0.05, 0.1) is 12.6 Å². The maximum Gasteiger partial charge on any atom is 0.273 e. The van der Waals surface area contributed by atoms with Gasteiger partial charge in [-0.05, 0) is 36.8 Å². The quantitative estimate of drug-likeness (QED) is 0.525. The van der Waals surface area contributed by atoms with Gasteiger partial charge < -0.3 is 19.8 Å². The number of H-pyrrole nitrogens is 1. The molecule has 1 aliphatic heterocycles. The van der Waals surface area contributed by atoms with Crippen molar-refractivity contribution >= 4 is 5.91 Å². The minimum atomic E-state index is -0.472. The Morgan fingerprint density at radius 3 is 2.90 bits per heavy atom. The van der Waals surface area contributed by atoms with E-state index in [1.807, 2.05) is 43.3 Å². The van der Waals surface area contributed by atoms with Gasteiger partial charge in [-0.25, -0.2) is 0 Å². The van der Waals surface area contributed by atoms with Gasteiger partial charge in [0.25, 0.3) is 5.91 Å². The van der Waals surface area contributed by atoms with E-state index >= 15 is 0 Å². The number of rotatable bonds is 7. The van der Waals surface area contributed by atoms with Gasteiger partial charge in [0.1, 0.15) is 29.5 Å². The van der Waals surface area contributed by atoms with Crippen LogP contribution in [0.1, 0.15) is 33.2 Å². The summed E-state index contributed by atoms with van der Waals surface area (Å²) >= 11 is 0. The molecule has 0 radical (unpaired) electrons. The van der Waals surface area contributed by atoms with E-state index in [-0.39, 0.29) is 24.8 Å². The molecule has 1 aliphatic rings. The van der Waals surface area contributed by atoms with Crippen LogP contribution in [0.4, 0.5) is 0 Å². The number of phenols is 1. The molecule has 1 aromatic heterocycles. The van der Waals surface area contributed by atoms with E-state index in [1.165, 1.54) is 0 Å². The van der Waals surface area contributed by atoms with Crippen molar-refractivity contribution in [3.63, 3.8) is 0 Å². The molecular weight excluding hydrogens is 382 g/mol. The summed E-state index contributed by atoms with van der Waals surface area (Å²) in [5, 5.41) is 27.2. The van der Waals surface area contributed by atoms with E-state index in [0.717, 1.165) is 11.1 Å². The molecule has 30 heavy (non-hydrogen) atoms. The van der Waals surface area contributed by atoms with Crippen LogP contribution in [0.15, 0.2) is 55.1 Å². The van der Waals surface area contributed by atoms with Gasteiger partial charge in [0, 0.05) is 17.7 Å². The minimum Gasteiger partial charge on any atom is -0.507 e. The third-order valence-corrected chi connectivity index (χ3v) is 5.15. The van der Waals surface area contributed by atoms with Crippen molar-refractivity contribution in [3.8, 4) is 22.8 Å². The highest BCUT2D eigenvalue weighted by molar-refractivity contribution is 6.00. The molecule has 3 aromatic rings. The first kappa shape index (κ1) is 19.7. The Morgan fingerprint density at radius 1 is 1.30 bits per heavy atom. The SMILES string of the molecule is C=CCOc1cccc([C@H]2c3c(-c4cc(C)ccc4O)n[nH]c3C(=O)N2CCO)c1. The molecule has 0 saturated heterocycles. The van der Waals surface area contributed by atoms with Gasteiger partial charge >= 0.3 is 0 Å². The number of aromatic nitrogens is 2. The number of carbonyl (C=O) groups is 1. The highest BCUT2D eigenvalue weighted by atomic mass is 16.5. The topological polar surface area (TPSA) is 98.7 Å². The van der Waals surface area contributed by atoms with Crippen LogP contribution in [-0.4, -0.2) is 51.0 Å². The number of aliphatic hydroxyl groups is 1. The van der Waals surface area contributed by atoms with Crippen molar-refractivity contribution in [2.45, 2.75) is 13.0 Å². The first-order chi connectivity index (χ1) is 14.5. The second-order valence-electron chi connectivity index (χ2n) is 7.18. The number of aliphatic hydroxyl groups excluding tert-OH is 1. The molecule has 7 heteroatoms. The zero-order valence-corrected chi connectivity index (χ0v) is 16.6. The second kappa shape index (κ2) is 8.04. The van der Waals surface area contributed by atoms with Crippen molar-refractivity contribution < 1.29 is 19.7 Å². The van der Waals surface area contributed by atoms with E-state index in [4.69, 9.17) is 4.74 Å². The van der Waals surface area contributed by atoms with Crippen molar-refractivity contribution in [2.75, 3.05) is 19.8 Å². The Morgan fingerprint density at radius 2 is 2.13 bits per heavy atom. The van der Waals surface area contributed by atoms with E-state index in [2.05, 4.69) is 16.8 Å². The highest BCUT2D eigenvalue weighted by Crippen LogP contribution is 2.44. The first-order valence-corrected chi connectivity index (χ1v) is 9.69. The maximum absolute atomic E-state index is 13.1. The molecule has 0 unspecified atom stereocenters. The third kappa shape index (κ3) is 3.33. The Hall–Kier alpha value is -3.58. The number of aromatic hydroxyl groups is 1. The molecule has 7 nitrogen and oxygen atoms in total. The Balaban J connectivity index is 1.87. The van der Waals surface area contributed by atoms with Gasteiger partial charge in [-0.1, -0.05) is 36.4 Å². The fraction of sp³-hybridized carbons (Fsp3) is 0.217. The lowest BCUT2D eigenvalue weighted by Crippen LogP contribution is -2.32. The lowest BCUT2D eigenvalue weighted by Gasteiger charge is -2.26. The number of benzene rings is 2. The van der Waals surface area contributed by atoms with Crippen LogP contribution < -0.4 is 4.74 Å². The average Bonchev–Trinajstić information content (AvgIpc) is 3.28. The van der Waals surface area contributed by atoms with Crippen molar-refractivity contribution in [1.29, 1.82) is 0 Å². The molecule has 0 aliphatic carbocycles. The van der Waals surface area contributed by atoms with Crippen LogP contribution in [0, 0.1) is 6.92 Å². The van der Waals surface area contributed by atoms with Gasteiger partial charge in [-0.3, -0.25) is 9.89 Å². The normalized spacial score (nSPS) is 15.3. The largest absolute Gasteiger partial charge is 0.507 e. The molecule has 1 amide bonds. The molecular formula is C23H23N3O4. The molecule has 2 aromatic carbocycles. The van der Waals surface area contributed by atoms with Crippen LogP contribution >= 0.6 is 0 Å². The van der Waals surface area contributed by atoms with Crippen molar-refractivity contribution in [2.24, 2.45) is 0 Å². The molecule has 0 saturated carbocycles. The van der Waals surface area contributed by atoms with Crippen LogP contribution in [0.25, 0.3) is 11.3 Å². The number of aryl methyl sites for hydroxylation is 1. The molecule has 4 rings (SSSR count). The number of hydrogen-bond acceptors (Lipinski definition) is 5. The number of nitrogens with zero attached hydrogens (tertiary/aromatic N) is 2. The summed E-state index contributed by atoms with van der Waals surface area (Å²) in [6.07, 6.45) is 1.66. The molecule has 0 bridgehead atoms. The van der Waals surface area contributed by atoms with E-state index < -0.39 is 6.04 Å². The standard InChI is InChI=1S/C23H23N3O4/c1-3-11-30-16-6-4-5-15(13-16)22-19-20(17-12-14(2)7-8-18(17)28)24-25-21(19)23(29)26(22)9-10-27/h3-8,12-13,22,27-28H,1,9-11H2,2H3,(H,24,25)/t22-/m0/s1. The Bertz CT molecular complexity index is 1110. The summed E-state index contributed by atoms with van der Waals surface area (Å²) in [5.74, 6) is 0.498. The molecule has 0 spiro atoms. The molecule has 1 atom stereocenters. The monoisotopic (exact) mass is 405 g/mol. The first-order valence-electron chi connectivity index (χ1n) is 9.69. The number of hydrogen-bond donors (Lipinski definition) is 3. The predicted molar refractivity (Wildman–Crippen MR) is 113 cm³/mol. The van der Waals surface area contributed by atoms with Gasteiger partial charge in [-0.2, -0.15) is 5.10 Å². The summed E-state index contributed by atoms with van der Waals surface area (Å²) in [4.78, 5) is 14.7.